The van der Waals surface area contributed by atoms with Crippen molar-refractivity contribution in [2.75, 3.05) is 0 Å². The SMILES string of the molecule is CC(C)C1=CC(C(C)C)(C(C)(C)C)C(C2=CC=CC2)=C2[C]([Zr+2])=c3cc(C(C)(C)C)ccc3=C12.[Cl-].[Cl-]. The molecule has 187 valence electrons. The molecule has 0 saturated heterocycles. The van der Waals surface area contributed by atoms with Crippen molar-refractivity contribution in [3.63, 3.8) is 0 Å². The fraction of sp³-hybridized carbons (Fsp3) is 0.500. The molecule has 0 nitrogen and oxygen atoms in total. The summed E-state index contributed by atoms with van der Waals surface area (Å²) in [6.07, 6.45) is 10.8. The molecule has 0 aromatic heterocycles. The van der Waals surface area contributed by atoms with Crippen LogP contribution < -0.4 is 35.3 Å². The van der Waals surface area contributed by atoms with Crippen molar-refractivity contribution in [3.05, 3.63) is 80.8 Å². The summed E-state index contributed by atoms with van der Waals surface area (Å²) in [4.78, 5) is 0. The van der Waals surface area contributed by atoms with E-state index < -0.39 is 0 Å². The van der Waals surface area contributed by atoms with Crippen LogP contribution in [0.4, 0.5) is 0 Å². The molecule has 3 heteroatoms. The first-order valence-corrected chi connectivity index (χ1v) is 13.9. The minimum Gasteiger partial charge on any atom is -1.00 e. The average molecular weight is 588 g/mol. The zero-order valence-corrected chi connectivity index (χ0v) is 27.1. The Balaban J connectivity index is 0.00000216. The smallest absolute Gasteiger partial charge is 1.00 e. The molecule has 0 heterocycles. The predicted octanol–water partition coefficient (Wildman–Crippen LogP) is 1.28. The Morgan fingerprint density at radius 2 is 1.51 bits per heavy atom. The van der Waals surface area contributed by atoms with Gasteiger partial charge in [-0.1, -0.05) is 0 Å². The number of hydrogen-bond donors (Lipinski definition) is 0. The number of allylic oxidation sites excluding steroid dienone is 8. The average Bonchev–Trinajstić information content (AvgIpc) is 3.32. The normalized spacial score (nSPS) is 21.7. The molecule has 0 aliphatic heterocycles. The van der Waals surface area contributed by atoms with Crippen molar-refractivity contribution in [3.8, 4) is 0 Å². The van der Waals surface area contributed by atoms with E-state index in [1.54, 1.807) is 20.0 Å². The monoisotopic (exact) mass is 585 g/mol. The summed E-state index contributed by atoms with van der Waals surface area (Å²) in [5.41, 5.74) is 9.47. The zero-order valence-electron chi connectivity index (χ0n) is 23.2. The first-order valence-electron chi connectivity index (χ1n) is 12.7. The fourth-order valence-corrected chi connectivity index (χ4v) is 7.53. The van der Waals surface area contributed by atoms with Crippen LogP contribution in [0.25, 0.3) is 8.85 Å². The van der Waals surface area contributed by atoms with E-state index in [9.17, 15) is 0 Å². The van der Waals surface area contributed by atoms with E-state index >= 15 is 0 Å². The van der Waals surface area contributed by atoms with E-state index in [-0.39, 0.29) is 41.1 Å². The summed E-state index contributed by atoms with van der Waals surface area (Å²) >= 11 is 1.52. The van der Waals surface area contributed by atoms with Gasteiger partial charge in [0, 0.05) is 0 Å². The Morgan fingerprint density at radius 3 is 1.97 bits per heavy atom. The van der Waals surface area contributed by atoms with Crippen molar-refractivity contribution < 1.29 is 49.5 Å². The number of rotatable bonds is 3. The largest absolute Gasteiger partial charge is 1.00 e. The summed E-state index contributed by atoms with van der Waals surface area (Å²) in [5.74, 6) is 0.999. The third-order valence-corrected chi connectivity index (χ3v) is 9.40. The van der Waals surface area contributed by atoms with E-state index in [4.69, 9.17) is 0 Å². The van der Waals surface area contributed by atoms with Gasteiger partial charge in [0.15, 0.2) is 0 Å². The Morgan fingerprint density at radius 1 is 0.886 bits per heavy atom. The molecule has 0 bridgehead atoms. The van der Waals surface area contributed by atoms with Gasteiger partial charge in [0.2, 0.25) is 0 Å². The molecule has 35 heavy (non-hydrogen) atoms. The molecule has 4 rings (SSSR count). The topological polar surface area (TPSA) is 0 Å². The van der Waals surface area contributed by atoms with Gasteiger partial charge in [0.05, 0.1) is 0 Å². The van der Waals surface area contributed by atoms with Gasteiger partial charge in [0.1, 0.15) is 0 Å². The molecule has 1 aromatic carbocycles. The zero-order chi connectivity index (χ0) is 24.5. The predicted molar refractivity (Wildman–Crippen MR) is 140 cm³/mol. The number of hydrogen-bond acceptors (Lipinski definition) is 0. The van der Waals surface area contributed by atoms with Gasteiger partial charge < -0.3 is 24.8 Å². The van der Waals surface area contributed by atoms with Crippen LogP contribution in [0.2, 0.25) is 0 Å². The molecule has 1 atom stereocenters. The van der Waals surface area contributed by atoms with Crippen LogP contribution >= 0.6 is 0 Å². The van der Waals surface area contributed by atoms with Gasteiger partial charge in [0.25, 0.3) is 0 Å². The van der Waals surface area contributed by atoms with E-state index in [1.807, 2.05) is 0 Å². The molecule has 0 amide bonds. The maximum atomic E-state index is 2.71. The molecule has 3 aliphatic rings. The maximum absolute atomic E-state index is 2.71. The summed E-state index contributed by atoms with van der Waals surface area (Å²) in [6, 6.07) is 7.31. The van der Waals surface area contributed by atoms with E-state index in [0.29, 0.717) is 11.8 Å². The van der Waals surface area contributed by atoms with Crippen LogP contribution in [0.1, 0.15) is 81.2 Å². The number of fused-ring (bicyclic) bond motifs is 2. The molecule has 0 radical (unpaired) electrons. The summed E-state index contributed by atoms with van der Waals surface area (Å²) < 4.78 is 1.56. The van der Waals surface area contributed by atoms with E-state index in [2.05, 4.69) is 112 Å². The van der Waals surface area contributed by atoms with Crippen LogP contribution in [0.3, 0.4) is 0 Å². The van der Waals surface area contributed by atoms with Gasteiger partial charge in [-0.3, -0.25) is 0 Å². The van der Waals surface area contributed by atoms with Crippen molar-refractivity contribution in [2.24, 2.45) is 22.7 Å². The van der Waals surface area contributed by atoms with E-state index in [1.165, 1.54) is 51.9 Å². The quantitative estimate of drug-likeness (QED) is 0.500. The van der Waals surface area contributed by atoms with Crippen molar-refractivity contribution >= 4 is 8.85 Å². The third kappa shape index (κ3) is 4.73. The van der Waals surface area contributed by atoms with Crippen LogP contribution in [0, 0.1) is 22.7 Å². The molecule has 3 aliphatic carbocycles. The second kappa shape index (κ2) is 10.3. The minimum absolute atomic E-state index is 0. The van der Waals surface area contributed by atoms with Gasteiger partial charge in [-0.05, 0) is 0 Å². The molecule has 1 unspecified atom stereocenters. The Hall–Kier alpha value is -0.617. The molecule has 0 fully saturated rings. The first-order chi connectivity index (χ1) is 15.2. The van der Waals surface area contributed by atoms with Crippen LogP contribution in [0.5, 0.6) is 0 Å². The second-order valence-corrected chi connectivity index (χ2v) is 14.1. The van der Waals surface area contributed by atoms with Gasteiger partial charge >= 0.3 is 218 Å². The van der Waals surface area contributed by atoms with E-state index in [0.717, 1.165) is 6.42 Å². The third-order valence-electron chi connectivity index (χ3n) is 8.13. The van der Waals surface area contributed by atoms with Crippen molar-refractivity contribution in [1.82, 2.24) is 0 Å². The van der Waals surface area contributed by atoms with Gasteiger partial charge in [-0.2, -0.15) is 0 Å². The Labute approximate surface area is 241 Å². The maximum Gasteiger partial charge on any atom is -1.00 e. The second-order valence-electron chi connectivity index (χ2n) is 12.9. The molecule has 0 spiro atoms. The molecule has 0 saturated carbocycles. The standard InChI is InChI=1S/C32H41.2ClH.Zr/c1-20(2)27-19-32(21(3)4,31(8,9)10)29(22-13-11-12-14-22)26-18-23-17-24(30(5,6)7)15-16-25(23)28(26)27;;;/h11-13,15-17,19-21H,14H2,1-10H3;2*1H;/q;;;+2/p-2. The van der Waals surface area contributed by atoms with Crippen molar-refractivity contribution in [1.29, 1.82) is 0 Å². The van der Waals surface area contributed by atoms with Crippen LogP contribution in [-0.4, -0.2) is 0 Å². The summed E-state index contributed by atoms with van der Waals surface area (Å²) in [6.45, 7) is 24.0. The van der Waals surface area contributed by atoms with Crippen LogP contribution in [-0.2, 0) is 30.1 Å². The number of halogens is 2. The Kier molecular flexibility index (Phi) is 8.98. The molecule has 0 N–H and O–H groups in total. The number of benzene rings is 1. The molecular formula is C32H41Cl2Zr. The summed E-state index contributed by atoms with van der Waals surface area (Å²) in [7, 11) is 0. The molecular weight excluding hydrogens is 546 g/mol. The Bertz CT molecular complexity index is 1250. The first kappa shape index (κ1) is 30.6. The van der Waals surface area contributed by atoms with Gasteiger partial charge in [-0.25, -0.2) is 0 Å². The van der Waals surface area contributed by atoms with Crippen LogP contribution in [0.15, 0.2) is 64.8 Å². The fourth-order valence-electron chi connectivity index (χ4n) is 6.40. The van der Waals surface area contributed by atoms with Crippen molar-refractivity contribution in [2.45, 2.75) is 81.1 Å². The van der Waals surface area contributed by atoms with Gasteiger partial charge in [-0.15, -0.1) is 0 Å². The minimum atomic E-state index is -0.0000345. The molecule has 1 aromatic rings. The summed E-state index contributed by atoms with van der Waals surface area (Å²) in [5, 5.41) is 2.94.